The lowest BCUT2D eigenvalue weighted by atomic mass is 9.99. The van der Waals surface area contributed by atoms with Gasteiger partial charge in [0.15, 0.2) is 0 Å². The zero-order chi connectivity index (χ0) is 15.7. The van der Waals surface area contributed by atoms with Crippen molar-refractivity contribution in [1.82, 2.24) is 29.9 Å². The van der Waals surface area contributed by atoms with Crippen molar-refractivity contribution in [3.63, 3.8) is 0 Å². The minimum absolute atomic E-state index is 0.0456. The Balaban J connectivity index is 1.50. The Morgan fingerprint density at radius 3 is 2.86 bits per heavy atom. The highest BCUT2D eigenvalue weighted by Gasteiger charge is 2.21. The minimum atomic E-state index is 0.0456. The SMILES string of the molecule is Cc1nnc2n1C[C@@H](CNCc1cnn(C(C)(C)C)c1)CC2. The van der Waals surface area contributed by atoms with Crippen molar-refractivity contribution >= 4 is 0 Å². The van der Waals surface area contributed by atoms with E-state index in [1.165, 1.54) is 12.0 Å². The standard InChI is InChI=1S/C16H26N6/c1-12-19-20-15-6-5-13(10-21(12)15)7-17-8-14-9-18-22(11-14)16(2,3)4/h9,11,13,17H,5-8,10H2,1-4H3/t13-/m1/s1. The van der Waals surface area contributed by atoms with Gasteiger partial charge in [-0.1, -0.05) is 0 Å². The second-order valence-corrected chi connectivity index (χ2v) is 7.27. The molecule has 1 atom stereocenters. The summed E-state index contributed by atoms with van der Waals surface area (Å²) in [7, 11) is 0. The summed E-state index contributed by atoms with van der Waals surface area (Å²) in [5, 5.41) is 16.4. The zero-order valence-corrected chi connectivity index (χ0v) is 14.0. The van der Waals surface area contributed by atoms with Gasteiger partial charge in [0.05, 0.1) is 11.7 Å². The second kappa shape index (κ2) is 5.83. The Kier molecular flexibility index (Phi) is 4.04. The Morgan fingerprint density at radius 2 is 2.14 bits per heavy atom. The van der Waals surface area contributed by atoms with Gasteiger partial charge in [0.2, 0.25) is 0 Å². The van der Waals surface area contributed by atoms with Gasteiger partial charge < -0.3 is 9.88 Å². The lowest BCUT2D eigenvalue weighted by Crippen LogP contribution is -2.30. The predicted molar refractivity (Wildman–Crippen MR) is 85.5 cm³/mol. The Bertz CT molecular complexity index is 633. The fourth-order valence-electron chi connectivity index (χ4n) is 2.94. The van der Waals surface area contributed by atoms with Crippen LogP contribution in [0, 0.1) is 12.8 Å². The van der Waals surface area contributed by atoms with Crippen LogP contribution < -0.4 is 5.32 Å². The monoisotopic (exact) mass is 302 g/mol. The zero-order valence-electron chi connectivity index (χ0n) is 14.0. The van der Waals surface area contributed by atoms with E-state index in [0.717, 1.165) is 37.7 Å². The number of nitrogens with zero attached hydrogens (tertiary/aromatic N) is 5. The van der Waals surface area contributed by atoms with E-state index in [2.05, 4.69) is 52.1 Å². The molecule has 0 bridgehead atoms. The molecule has 6 nitrogen and oxygen atoms in total. The maximum absolute atomic E-state index is 4.44. The van der Waals surface area contributed by atoms with Crippen LogP contribution in [-0.4, -0.2) is 31.1 Å². The molecule has 0 aromatic carbocycles. The van der Waals surface area contributed by atoms with Crippen molar-refractivity contribution in [2.24, 2.45) is 5.92 Å². The van der Waals surface area contributed by atoms with Crippen molar-refractivity contribution in [2.75, 3.05) is 6.54 Å². The number of aryl methyl sites for hydroxylation is 2. The van der Waals surface area contributed by atoms with Crippen LogP contribution in [0.4, 0.5) is 0 Å². The molecule has 0 aliphatic carbocycles. The van der Waals surface area contributed by atoms with E-state index in [9.17, 15) is 0 Å². The van der Waals surface area contributed by atoms with Gasteiger partial charge in [0.1, 0.15) is 11.6 Å². The van der Waals surface area contributed by atoms with Gasteiger partial charge in [-0.3, -0.25) is 4.68 Å². The summed E-state index contributed by atoms with van der Waals surface area (Å²) in [6.45, 7) is 11.5. The minimum Gasteiger partial charge on any atom is -0.315 e. The van der Waals surface area contributed by atoms with Gasteiger partial charge in [-0.05, 0) is 46.6 Å². The summed E-state index contributed by atoms with van der Waals surface area (Å²) in [5.74, 6) is 2.83. The topological polar surface area (TPSA) is 60.6 Å². The third-order valence-corrected chi connectivity index (χ3v) is 4.31. The van der Waals surface area contributed by atoms with Crippen LogP contribution in [0.25, 0.3) is 0 Å². The summed E-state index contributed by atoms with van der Waals surface area (Å²) in [5.41, 5.74) is 1.29. The average Bonchev–Trinajstić information content (AvgIpc) is 3.06. The fourth-order valence-corrected chi connectivity index (χ4v) is 2.94. The highest BCUT2D eigenvalue weighted by atomic mass is 15.3. The molecule has 1 aliphatic rings. The number of rotatable bonds is 4. The molecule has 22 heavy (non-hydrogen) atoms. The molecule has 120 valence electrons. The first-order valence-corrected chi connectivity index (χ1v) is 8.07. The Labute approximate surface area is 131 Å². The van der Waals surface area contributed by atoms with E-state index in [1.807, 2.05) is 17.8 Å². The summed E-state index contributed by atoms with van der Waals surface area (Å²) in [4.78, 5) is 0. The van der Waals surface area contributed by atoms with E-state index >= 15 is 0 Å². The number of nitrogens with one attached hydrogen (secondary N) is 1. The molecule has 0 amide bonds. The molecule has 3 rings (SSSR count). The summed E-state index contributed by atoms with van der Waals surface area (Å²) >= 11 is 0. The summed E-state index contributed by atoms with van der Waals surface area (Å²) in [6.07, 6.45) is 6.32. The molecule has 6 heteroatoms. The van der Waals surface area contributed by atoms with Gasteiger partial charge >= 0.3 is 0 Å². The normalized spacial score (nSPS) is 18.5. The maximum Gasteiger partial charge on any atom is 0.133 e. The van der Waals surface area contributed by atoms with E-state index in [-0.39, 0.29) is 5.54 Å². The van der Waals surface area contributed by atoms with Gasteiger partial charge in [-0.2, -0.15) is 5.10 Å². The average molecular weight is 302 g/mol. The molecule has 1 aliphatic heterocycles. The lowest BCUT2D eigenvalue weighted by molar-refractivity contribution is 0.343. The molecule has 2 aromatic heterocycles. The van der Waals surface area contributed by atoms with E-state index in [1.54, 1.807) is 0 Å². The van der Waals surface area contributed by atoms with Crippen molar-refractivity contribution in [1.29, 1.82) is 0 Å². The predicted octanol–water partition coefficient (Wildman–Crippen LogP) is 1.89. The van der Waals surface area contributed by atoms with Crippen LogP contribution in [0.3, 0.4) is 0 Å². The van der Waals surface area contributed by atoms with Crippen LogP contribution in [-0.2, 0) is 25.0 Å². The first-order chi connectivity index (χ1) is 10.4. The number of hydrogen-bond donors (Lipinski definition) is 1. The fraction of sp³-hybridized carbons (Fsp3) is 0.688. The van der Waals surface area contributed by atoms with Crippen LogP contribution in [0.15, 0.2) is 12.4 Å². The third kappa shape index (κ3) is 3.21. The quantitative estimate of drug-likeness (QED) is 0.937. The molecule has 0 unspecified atom stereocenters. The van der Waals surface area contributed by atoms with Crippen molar-refractivity contribution in [3.8, 4) is 0 Å². The number of hydrogen-bond acceptors (Lipinski definition) is 4. The lowest BCUT2D eigenvalue weighted by Gasteiger charge is -2.24. The number of aromatic nitrogens is 5. The molecule has 3 heterocycles. The van der Waals surface area contributed by atoms with Crippen LogP contribution >= 0.6 is 0 Å². The first kappa shape index (κ1) is 15.2. The van der Waals surface area contributed by atoms with Gasteiger partial charge in [-0.25, -0.2) is 0 Å². The van der Waals surface area contributed by atoms with Crippen LogP contribution in [0.1, 0.15) is 44.4 Å². The smallest absolute Gasteiger partial charge is 0.133 e. The van der Waals surface area contributed by atoms with E-state index in [4.69, 9.17) is 0 Å². The maximum atomic E-state index is 4.44. The van der Waals surface area contributed by atoms with Crippen molar-refractivity contribution in [2.45, 2.75) is 59.2 Å². The largest absolute Gasteiger partial charge is 0.315 e. The Hall–Kier alpha value is -1.69. The molecule has 0 spiro atoms. The third-order valence-electron chi connectivity index (χ3n) is 4.31. The molecule has 1 N–H and O–H groups in total. The van der Waals surface area contributed by atoms with Crippen LogP contribution in [0.5, 0.6) is 0 Å². The molecule has 0 radical (unpaired) electrons. The molecule has 0 saturated heterocycles. The molecule has 2 aromatic rings. The summed E-state index contributed by atoms with van der Waals surface area (Å²) in [6, 6.07) is 0. The Morgan fingerprint density at radius 1 is 1.32 bits per heavy atom. The van der Waals surface area contributed by atoms with Crippen LogP contribution in [0.2, 0.25) is 0 Å². The van der Waals surface area contributed by atoms with E-state index in [0.29, 0.717) is 5.92 Å². The molecule has 0 saturated carbocycles. The first-order valence-electron chi connectivity index (χ1n) is 8.07. The van der Waals surface area contributed by atoms with E-state index < -0.39 is 0 Å². The highest BCUT2D eigenvalue weighted by molar-refractivity contribution is 5.05. The summed E-state index contributed by atoms with van der Waals surface area (Å²) < 4.78 is 4.28. The molecule has 0 fully saturated rings. The van der Waals surface area contributed by atoms with Gasteiger partial charge in [-0.15, -0.1) is 10.2 Å². The second-order valence-electron chi connectivity index (χ2n) is 7.27. The molecular weight excluding hydrogens is 276 g/mol. The van der Waals surface area contributed by atoms with Crippen molar-refractivity contribution < 1.29 is 0 Å². The van der Waals surface area contributed by atoms with Gasteiger partial charge in [0, 0.05) is 31.3 Å². The molecular formula is C16H26N6. The number of fused-ring (bicyclic) bond motifs is 1. The van der Waals surface area contributed by atoms with Crippen molar-refractivity contribution in [3.05, 3.63) is 29.6 Å². The highest BCUT2D eigenvalue weighted by Crippen LogP contribution is 2.19. The van der Waals surface area contributed by atoms with Gasteiger partial charge in [0.25, 0.3) is 0 Å².